The summed E-state index contributed by atoms with van der Waals surface area (Å²) in [6.07, 6.45) is -2.65. The van der Waals surface area contributed by atoms with Gasteiger partial charge in [-0.05, 0) is 28.7 Å². The zero-order valence-corrected chi connectivity index (χ0v) is 8.76. The third-order valence-corrected chi connectivity index (χ3v) is 2.23. The van der Waals surface area contributed by atoms with Gasteiger partial charge in [-0.3, -0.25) is 9.78 Å². The van der Waals surface area contributed by atoms with Crippen LogP contribution in [0, 0.1) is 3.57 Å². The number of ether oxygens (including phenoxy) is 1. The van der Waals surface area contributed by atoms with Gasteiger partial charge in [-0.25, -0.2) is 8.78 Å². The van der Waals surface area contributed by atoms with Crippen LogP contribution < -0.4 is 10.3 Å². The summed E-state index contributed by atoms with van der Waals surface area (Å²) in [5.74, 6) is -0.180. The fraction of sp³-hybridized carbons (Fsp3) is 0.286. The number of nitrogens with one attached hydrogen (secondary N) is 1. The highest BCUT2D eigenvalue weighted by molar-refractivity contribution is 14.1. The number of rotatable bonds is 2. The minimum Gasteiger partial charge on any atom is -0.482 e. The SMILES string of the molecule is COc1[nH]c(=O)c(I)cc1C(F)F. The molecule has 72 valence electrons. The van der Waals surface area contributed by atoms with Crippen molar-refractivity contribution in [1.29, 1.82) is 0 Å². The van der Waals surface area contributed by atoms with E-state index in [2.05, 4.69) is 9.72 Å². The summed E-state index contributed by atoms with van der Waals surface area (Å²) in [7, 11) is 1.23. The second-order valence-corrected chi connectivity index (χ2v) is 3.40. The van der Waals surface area contributed by atoms with E-state index in [0.717, 1.165) is 6.07 Å². The van der Waals surface area contributed by atoms with Crippen LogP contribution in [-0.4, -0.2) is 12.1 Å². The highest BCUT2D eigenvalue weighted by Crippen LogP contribution is 2.26. The number of H-pyrrole nitrogens is 1. The van der Waals surface area contributed by atoms with Gasteiger partial charge in [0, 0.05) is 0 Å². The van der Waals surface area contributed by atoms with Crippen molar-refractivity contribution in [3.05, 3.63) is 25.6 Å². The van der Waals surface area contributed by atoms with E-state index in [-0.39, 0.29) is 15.0 Å². The van der Waals surface area contributed by atoms with Gasteiger partial charge in [0.05, 0.1) is 16.2 Å². The molecule has 1 aromatic heterocycles. The van der Waals surface area contributed by atoms with Crippen molar-refractivity contribution in [2.75, 3.05) is 7.11 Å². The minimum absolute atomic E-state index is 0.180. The molecule has 0 saturated carbocycles. The predicted molar refractivity (Wildman–Crippen MR) is 51.3 cm³/mol. The third kappa shape index (κ3) is 2.17. The molecular formula is C7H6F2INO2. The Balaban J connectivity index is 3.33. The summed E-state index contributed by atoms with van der Waals surface area (Å²) in [6.45, 7) is 0. The predicted octanol–water partition coefficient (Wildman–Crippen LogP) is 1.93. The monoisotopic (exact) mass is 301 g/mol. The molecular weight excluding hydrogens is 295 g/mol. The summed E-state index contributed by atoms with van der Waals surface area (Å²) in [6, 6.07) is 1.11. The Morgan fingerprint density at radius 1 is 1.62 bits per heavy atom. The molecule has 1 heterocycles. The fourth-order valence-corrected chi connectivity index (χ4v) is 1.30. The molecule has 1 aromatic rings. The standard InChI is InChI=1S/C7H6F2INO2/c1-13-7-3(5(8)9)2-4(10)6(12)11-7/h2,5H,1H3,(H,11,12). The van der Waals surface area contributed by atoms with Gasteiger partial charge in [-0.1, -0.05) is 0 Å². The van der Waals surface area contributed by atoms with Gasteiger partial charge in [-0.15, -0.1) is 0 Å². The van der Waals surface area contributed by atoms with Crippen molar-refractivity contribution in [3.63, 3.8) is 0 Å². The van der Waals surface area contributed by atoms with Crippen LogP contribution in [0.5, 0.6) is 5.88 Å². The molecule has 0 spiro atoms. The van der Waals surface area contributed by atoms with E-state index in [0.29, 0.717) is 0 Å². The third-order valence-electron chi connectivity index (χ3n) is 1.43. The number of aromatic amines is 1. The molecule has 1 N–H and O–H groups in total. The molecule has 0 radical (unpaired) electrons. The molecule has 0 atom stereocenters. The molecule has 6 heteroatoms. The molecule has 3 nitrogen and oxygen atoms in total. The fourth-order valence-electron chi connectivity index (χ4n) is 0.834. The van der Waals surface area contributed by atoms with Crippen LogP contribution in [-0.2, 0) is 0 Å². The number of hydrogen-bond donors (Lipinski definition) is 1. The summed E-state index contributed by atoms with van der Waals surface area (Å²) < 4.78 is 29.5. The van der Waals surface area contributed by atoms with E-state index >= 15 is 0 Å². The number of alkyl halides is 2. The smallest absolute Gasteiger partial charge is 0.269 e. The van der Waals surface area contributed by atoms with Gasteiger partial charge >= 0.3 is 0 Å². The van der Waals surface area contributed by atoms with E-state index in [1.165, 1.54) is 7.11 Å². The van der Waals surface area contributed by atoms with Gasteiger partial charge in [0.15, 0.2) is 0 Å². The van der Waals surface area contributed by atoms with Crippen LogP contribution in [0.15, 0.2) is 10.9 Å². The first-order valence-corrected chi connectivity index (χ1v) is 4.39. The van der Waals surface area contributed by atoms with E-state index in [1.54, 1.807) is 22.6 Å². The van der Waals surface area contributed by atoms with Crippen LogP contribution in [0.2, 0.25) is 0 Å². The average Bonchev–Trinajstić information content (AvgIpc) is 2.08. The first-order valence-electron chi connectivity index (χ1n) is 3.31. The zero-order valence-electron chi connectivity index (χ0n) is 6.61. The van der Waals surface area contributed by atoms with E-state index < -0.39 is 12.0 Å². The van der Waals surface area contributed by atoms with Crippen molar-refractivity contribution in [1.82, 2.24) is 4.98 Å². The highest BCUT2D eigenvalue weighted by atomic mass is 127. The molecule has 1 rings (SSSR count). The lowest BCUT2D eigenvalue weighted by atomic mass is 10.3. The maximum atomic E-state index is 12.3. The first kappa shape index (κ1) is 10.4. The lowest BCUT2D eigenvalue weighted by molar-refractivity contribution is 0.146. The topological polar surface area (TPSA) is 42.1 Å². The summed E-state index contributed by atoms with van der Waals surface area (Å²) in [5.41, 5.74) is -0.728. The van der Waals surface area contributed by atoms with Gasteiger partial charge in [-0.2, -0.15) is 0 Å². The van der Waals surface area contributed by atoms with Gasteiger partial charge < -0.3 is 4.74 Å². The van der Waals surface area contributed by atoms with Gasteiger partial charge in [0.2, 0.25) is 5.88 Å². The normalized spacial score (nSPS) is 10.5. The quantitative estimate of drug-likeness (QED) is 0.848. The lowest BCUT2D eigenvalue weighted by Gasteiger charge is -2.06. The highest BCUT2D eigenvalue weighted by Gasteiger charge is 2.16. The second-order valence-electron chi connectivity index (χ2n) is 2.24. The number of methoxy groups -OCH3 is 1. The van der Waals surface area contributed by atoms with Crippen LogP contribution in [0.4, 0.5) is 8.78 Å². The molecule has 0 amide bonds. The first-order chi connectivity index (χ1) is 6.06. The second kappa shape index (κ2) is 4.03. The molecule has 0 aliphatic rings. The van der Waals surface area contributed by atoms with Gasteiger partial charge in [0.1, 0.15) is 0 Å². The Kier molecular flexibility index (Phi) is 3.23. The molecule has 0 aromatic carbocycles. The van der Waals surface area contributed by atoms with Gasteiger partial charge in [0.25, 0.3) is 12.0 Å². The van der Waals surface area contributed by atoms with Crippen molar-refractivity contribution >= 4 is 22.6 Å². The van der Waals surface area contributed by atoms with Crippen molar-refractivity contribution < 1.29 is 13.5 Å². The molecule has 0 fully saturated rings. The molecule has 0 aliphatic carbocycles. The number of hydrogen-bond acceptors (Lipinski definition) is 2. The summed E-state index contributed by atoms with van der Waals surface area (Å²) in [5, 5.41) is 0. The zero-order chi connectivity index (χ0) is 10.0. The van der Waals surface area contributed by atoms with Crippen LogP contribution in [0.3, 0.4) is 0 Å². The molecule has 0 aliphatic heterocycles. The number of pyridine rings is 1. The van der Waals surface area contributed by atoms with Crippen molar-refractivity contribution in [2.24, 2.45) is 0 Å². The maximum Gasteiger partial charge on any atom is 0.269 e. The Morgan fingerprint density at radius 2 is 2.23 bits per heavy atom. The Bertz CT molecular complexity index is 364. The van der Waals surface area contributed by atoms with Crippen LogP contribution in [0.25, 0.3) is 0 Å². The Morgan fingerprint density at radius 3 is 2.69 bits per heavy atom. The summed E-state index contributed by atoms with van der Waals surface area (Å²) >= 11 is 1.68. The molecule has 13 heavy (non-hydrogen) atoms. The Hall–Kier alpha value is -0.660. The number of aromatic nitrogens is 1. The van der Waals surface area contributed by atoms with Crippen LogP contribution >= 0.6 is 22.6 Å². The van der Waals surface area contributed by atoms with E-state index in [4.69, 9.17) is 0 Å². The molecule has 0 bridgehead atoms. The molecule has 0 saturated heterocycles. The van der Waals surface area contributed by atoms with Crippen molar-refractivity contribution in [2.45, 2.75) is 6.43 Å². The largest absolute Gasteiger partial charge is 0.482 e. The Labute approximate surface area is 86.2 Å². The van der Waals surface area contributed by atoms with E-state index in [9.17, 15) is 13.6 Å². The maximum absolute atomic E-state index is 12.3. The van der Waals surface area contributed by atoms with Crippen molar-refractivity contribution in [3.8, 4) is 5.88 Å². The lowest BCUT2D eigenvalue weighted by Crippen LogP contribution is -2.12. The number of halogens is 3. The average molecular weight is 301 g/mol. The summed E-state index contributed by atoms with van der Waals surface area (Å²) in [4.78, 5) is 13.2. The molecule has 0 unspecified atom stereocenters. The van der Waals surface area contributed by atoms with Crippen LogP contribution in [0.1, 0.15) is 12.0 Å². The minimum atomic E-state index is -2.65. The van der Waals surface area contributed by atoms with E-state index in [1.807, 2.05) is 0 Å².